The number of carbonyl (C=O) groups excluding carboxylic acids is 1. The van der Waals surface area contributed by atoms with Crippen molar-refractivity contribution in [2.45, 2.75) is 19.5 Å². The Hall–Kier alpha value is -2.21. The smallest absolute Gasteiger partial charge is 0.327 e. The van der Waals surface area contributed by atoms with Crippen LogP contribution in [0.25, 0.3) is 0 Å². The van der Waals surface area contributed by atoms with E-state index in [0.29, 0.717) is 13.2 Å². The summed E-state index contributed by atoms with van der Waals surface area (Å²) in [5.41, 5.74) is 0.869. The molecule has 0 saturated heterocycles. The Kier molecular flexibility index (Phi) is 4.84. The molecule has 1 unspecified atom stereocenters. The van der Waals surface area contributed by atoms with Crippen LogP contribution in [-0.2, 0) is 23.1 Å². The van der Waals surface area contributed by atoms with Crippen LogP contribution in [-0.4, -0.2) is 27.3 Å². The van der Waals surface area contributed by atoms with Crippen LogP contribution in [0.15, 0.2) is 36.7 Å². The Morgan fingerprint density at radius 2 is 2.15 bits per heavy atom. The standard InChI is InChI=1S/C14H18N4O2/c1-3-20-14(19)13(11-7-5-4-6-8-11)15-9-12-17-16-10-18(12)2/h4-8,10,13,15H,3,9H2,1-2H3. The van der Waals surface area contributed by atoms with Gasteiger partial charge in [0.05, 0.1) is 13.2 Å². The average molecular weight is 274 g/mol. The normalized spacial score (nSPS) is 12.1. The minimum atomic E-state index is -0.507. The summed E-state index contributed by atoms with van der Waals surface area (Å²) in [7, 11) is 1.86. The topological polar surface area (TPSA) is 69.0 Å². The van der Waals surface area contributed by atoms with Crippen LogP contribution in [0.3, 0.4) is 0 Å². The minimum Gasteiger partial charge on any atom is -0.465 e. The zero-order valence-corrected chi connectivity index (χ0v) is 11.6. The van der Waals surface area contributed by atoms with Crippen LogP contribution >= 0.6 is 0 Å². The van der Waals surface area contributed by atoms with Crippen molar-refractivity contribution in [1.29, 1.82) is 0 Å². The van der Waals surface area contributed by atoms with Gasteiger partial charge in [-0.1, -0.05) is 30.3 Å². The summed E-state index contributed by atoms with van der Waals surface area (Å²) >= 11 is 0. The molecule has 1 aromatic carbocycles. The van der Waals surface area contributed by atoms with Crippen molar-refractivity contribution in [1.82, 2.24) is 20.1 Å². The number of esters is 1. The Balaban J connectivity index is 2.11. The van der Waals surface area contributed by atoms with Crippen molar-refractivity contribution in [3.05, 3.63) is 48.0 Å². The van der Waals surface area contributed by atoms with E-state index in [1.807, 2.05) is 37.4 Å². The highest BCUT2D eigenvalue weighted by Gasteiger charge is 2.21. The lowest BCUT2D eigenvalue weighted by Gasteiger charge is -2.17. The molecule has 0 fully saturated rings. The Bertz CT molecular complexity index is 553. The molecule has 0 amide bonds. The molecule has 1 N–H and O–H groups in total. The number of hydrogen-bond acceptors (Lipinski definition) is 5. The van der Waals surface area contributed by atoms with Crippen molar-refractivity contribution >= 4 is 5.97 Å². The van der Waals surface area contributed by atoms with Gasteiger partial charge in [-0.05, 0) is 12.5 Å². The molecule has 6 heteroatoms. The van der Waals surface area contributed by atoms with E-state index in [2.05, 4.69) is 15.5 Å². The SMILES string of the molecule is CCOC(=O)C(NCc1nncn1C)c1ccccc1. The summed E-state index contributed by atoms with van der Waals surface area (Å²) in [6, 6.07) is 8.98. The van der Waals surface area contributed by atoms with E-state index in [9.17, 15) is 4.79 Å². The number of benzene rings is 1. The molecule has 1 heterocycles. The van der Waals surface area contributed by atoms with Gasteiger partial charge in [-0.2, -0.15) is 0 Å². The first kappa shape index (κ1) is 14.2. The molecule has 106 valence electrons. The lowest BCUT2D eigenvalue weighted by atomic mass is 10.1. The maximum absolute atomic E-state index is 12.1. The molecule has 2 aromatic rings. The predicted octanol–water partition coefficient (Wildman–Crippen LogP) is 1.21. The van der Waals surface area contributed by atoms with E-state index < -0.39 is 6.04 Å². The zero-order valence-electron chi connectivity index (χ0n) is 11.6. The first-order chi connectivity index (χ1) is 9.72. The van der Waals surface area contributed by atoms with Gasteiger partial charge in [0.1, 0.15) is 18.2 Å². The van der Waals surface area contributed by atoms with Crippen LogP contribution in [0.2, 0.25) is 0 Å². The number of aromatic nitrogens is 3. The highest BCUT2D eigenvalue weighted by atomic mass is 16.5. The van der Waals surface area contributed by atoms with Gasteiger partial charge in [-0.15, -0.1) is 10.2 Å². The number of nitrogens with one attached hydrogen (secondary N) is 1. The fourth-order valence-corrected chi connectivity index (χ4v) is 1.87. The maximum atomic E-state index is 12.1. The minimum absolute atomic E-state index is 0.291. The van der Waals surface area contributed by atoms with E-state index in [0.717, 1.165) is 11.4 Å². The largest absolute Gasteiger partial charge is 0.465 e. The quantitative estimate of drug-likeness (QED) is 0.802. The van der Waals surface area contributed by atoms with Gasteiger partial charge in [0.15, 0.2) is 0 Å². The number of carbonyl (C=O) groups is 1. The molecule has 0 saturated carbocycles. The van der Waals surface area contributed by atoms with Crippen molar-refractivity contribution in [2.75, 3.05) is 6.61 Å². The predicted molar refractivity (Wildman–Crippen MR) is 73.7 cm³/mol. The zero-order chi connectivity index (χ0) is 14.4. The molecule has 20 heavy (non-hydrogen) atoms. The van der Waals surface area contributed by atoms with E-state index in [4.69, 9.17) is 4.74 Å². The van der Waals surface area contributed by atoms with Gasteiger partial charge in [-0.3, -0.25) is 5.32 Å². The van der Waals surface area contributed by atoms with Crippen molar-refractivity contribution in [2.24, 2.45) is 7.05 Å². The summed E-state index contributed by atoms with van der Waals surface area (Å²) in [4.78, 5) is 12.1. The molecule has 2 rings (SSSR count). The maximum Gasteiger partial charge on any atom is 0.327 e. The third-order valence-electron chi connectivity index (χ3n) is 2.92. The molecule has 0 bridgehead atoms. The Labute approximate surface area is 117 Å². The second-order valence-corrected chi connectivity index (χ2v) is 4.33. The van der Waals surface area contributed by atoms with Crippen LogP contribution in [0.4, 0.5) is 0 Å². The highest BCUT2D eigenvalue weighted by molar-refractivity contribution is 5.77. The van der Waals surface area contributed by atoms with Crippen LogP contribution < -0.4 is 5.32 Å². The van der Waals surface area contributed by atoms with Crippen molar-refractivity contribution in [3.8, 4) is 0 Å². The summed E-state index contributed by atoms with van der Waals surface area (Å²) in [5.74, 6) is 0.469. The lowest BCUT2D eigenvalue weighted by molar-refractivity contribution is -0.145. The van der Waals surface area contributed by atoms with Gasteiger partial charge >= 0.3 is 5.97 Å². The second kappa shape index (κ2) is 6.81. The first-order valence-electron chi connectivity index (χ1n) is 6.50. The van der Waals surface area contributed by atoms with E-state index in [1.54, 1.807) is 17.8 Å². The molecule has 1 aromatic heterocycles. The first-order valence-corrected chi connectivity index (χ1v) is 6.50. The monoisotopic (exact) mass is 274 g/mol. The molecule has 0 aliphatic carbocycles. The number of ether oxygens (including phenoxy) is 1. The molecule has 0 aliphatic rings. The highest BCUT2D eigenvalue weighted by Crippen LogP contribution is 2.15. The molecule has 0 aliphatic heterocycles. The molecule has 0 radical (unpaired) electrons. The van der Waals surface area contributed by atoms with Gasteiger partial charge in [0.2, 0.25) is 0 Å². The van der Waals surface area contributed by atoms with Crippen LogP contribution in [0, 0.1) is 0 Å². The lowest BCUT2D eigenvalue weighted by Crippen LogP contribution is -2.30. The molecule has 1 atom stereocenters. The van der Waals surface area contributed by atoms with Crippen molar-refractivity contribution < 1.29 is 9.53 Å². The molecular formula is C14H18N4O2. The molecular weight excluding hydrogens is 256 g/mol. The van der Waals surface area contributed by atoms with Gasteiger partial charge in [0, 0.05) is 7.05 Å². The number of aryl methyl sites for hydroxylation is 1. The number of nitrogens with zero attached hydrogens (tertiary/aromatic N) is 3. The van der Waals surface area contributed by atoms with E-state index in [-0.39, 0.29) is 5.97 Å². The van der Waals surface area contributed by atoms with Crippen LogP contribution in [0.1, 0.15) is 24.4 Å². The fourth-order valence-electron chi connectivity index (χ4n) is 1.87. The Morgan fingerprint density at radius 3 is 2.75 bits per heavy atom. The number of rotatable bonds is 6. The third-order valence-corrected chi connectivity index (χ3v) is 2.92. The number of hydrogen-bond donors (Lipinski definition) is 1. The van der Waals surface area contributed by atoms with Gasteiger partial charge in [-0.25, -0.2) is 4.79 Å². The summed E-state index contributed by atoms with van der Waals surface area (Å²) in [6.45, 7) is 2.59. The van der Waals surface area contributed by atoms with Gasteiger partial charge < -0.3 is 9.30 Å². The summed E-state index contributed by atoms with van der Waals surface area (Å²) < 4.78 is 6.92. The molecule has 0 spiro atoms. The van der Waals surface area contributed by atoms with E-state index >= 15 is 0 Å². The summed E-state index contributed by atoms with van der Waals surface area (Å²) in [6.07, 6.45) is 1.62. The van der Waals surface area contributed by atoms with Gasteiger partial charge in [0.25, 0.3) is 0 Å². The average Bonchev–Trinajstić information content (AvgIpc) is 2.86. The summed E-state index contributed by atoms with van der Waals surface area (Å²) in [5, 5.41) is 11.0. The van der Waals surface area contributed by atoms with Crippen molar-refractivity contribution in [3.63, 3.8) is 0 Å². The van der Waals surface area contributed by atoms with E-state index in [1.165, 1.54) is 0 Å². The fraction of sp³-hybridized carbons (Fsp3) is 0.357. The molecule has 6 nitrogen and oxygen atoms in total. The Morgan fingerprint density at radius 1 is 1.40 bits per heavy atom. The van der Waals surface area contributed by atoms with Crippen LogP contribution in [0.5, 0.6) is 0 Å². The third kappa shape index (κ3) is 3.42. The second-order valence-electron chi connectivity index (χ2n) is 4.33.